The third-order valence-electron chi connectivity index (χ3n) is 3.26. The number of rotatable bonds is 3. The molecule has 82 valence electrons. The van der Waals surface area contributed by atoms with Gasteiger partial charge in [0.25, 0.3) is 5.92 Å². The van der Waals surface area contributed by atoms with Gasteiger partial charge in [-0.05, 0) is 6.42 Å². The van der Waals surface area contributed by atoms with Gasteiger partial charge in [0.05, 0.1) is 12.0 Å². The van der Waals surface area contributed by atoms with E-state index in [4.69, 9.17) is 5.11 Å². The maximum absolute atomic E-state index is 12.9. The van der Waals surface area contributed by atoms with Gasteiger partial charge < -0.3 is 5.11 Å². The molecule has 2 atom stereocenters. The summed E-state index contributed by atoms with van der Waals surface area (Å²) in [7, 11) is 0. The minimum Gasteiger partial charge on any atom is -0.396 e. The average molecular weight is 209 g/mol. The third-order valence-corrected chi connectivity index (χ3v) is 3.26. The van der Waals surface area contributed by atoms with Crippen LogP contribution >= 0.6 is 0 Å². The van der Waals surface area contributed by atoms with Crippen LogP contribution in [0.5, 0.6) is 0 Å². The minimum atomic E-state index is -2.75. The van der Waals surface area contributed by atoms with Crippen molar-refractivity contribution in [1.82, 2.24) is 4.90 Å². The number of hydrogen-bond donors (Lipinski definition) is 1. The molecule has 0 amide bonds. The van der Waals surface area contributed by atoms with Crippen LogP contribution in [0.25, 0.3) is 0 Å². The Hall–Kier alpha value is -0.290. The van der Waals surface area contributed by atoms with Crippen molar-refractivity contribution in [2.75, 3.05) is 26.2 Å². The smallest absolute Gasteiger partial charge is 0.258 e. The highest BCUT2D eigenvalue weighted by molar-refractivity contribution is 5.11. The van der Waals surface area contributed by atoms with Crippen LogP contribution in [0.4, 0.5) is 13.2 Å². The molecule has 2 aliphatic rings. The molecule has 2 fully saturated rings. The van der Waals surface area contributed by atoms with Gasteiger partial charge in [-0.25, -0.2) is 13.2 Å². The molecule has 0 spiro atoms. The zero-order chi connectivity index (χ0) is 10.4. The van der Waals surface area contributed by atoms with E-state index in [0.29, 0.717) is 13.0 Å². The SMILES string of the molecule is OC[C@]1(CN2CC[C@@H](F)C2)CC1(F)F. The van der Waals surface area contributed by atoms with Crippen molar-refractivity contribution < 1.29 is 18.3 Å². The van der Waals surface area contributed by atoms with E-state index in [1.165, 1.54) is 0 Å². The monoisotopic (exact) mass is 209 g/mol. The van der Waals surface area contributed by atoms with Crippen molar-refractivity contribution >= 4 is 0 Å². The van der Waals surface area contributed by atoms with Crippen LogP contribution in [0.1, 0.15) is 12.8 Å². The fraction of sp³-hybridized carbons (Fsp3) is 1.00. The van der Waals surface area contributed by atoms with E-state index in [9.17, 15) is 13.2 Å². The van der Waals surface area contributed by atoms with Crippen molar-refractivity contribution in [3.63, 3.8) is 0 Å². The lowest BCUT2D eigenvalue weighted by molar-refractivity contribution is 0.0210. The summed E-state index contributed by atoms with van der Waals surface area (Å²) in [6, 6.07) is 0. The van der Waals surface area contributed by atoms with Crippen LogP contribution < -0.4 is 0 Å². The second kappa shape index (κ2) is 3.10. The summed E-state index contributed by atoms with van der Waals surface area (Å²) in [5.74, 6) is -2.75. The first-order valence-electron chi connectivity index (χ1n) is 4.84. The van der Waals surface area contributed by atoms with Gasteiger partial charge in [0.1, 0.15) is 6.17 Å². The molecule has 14 heavy (non-hydrogen) atoms. The first-order chi connectivity index (χ1) is 6.49. The standard InChI is InChI=1S/C9H14F3NO/c10-7-1-2-13(3-7)5-8(6-14)4-9(8,11)12/h7,14H,1-6H2/t7-,8-/m1/s1. The van der Waals surface area contributed by atoms with Crippen LogP contribution in [0.15, 0.2) is 0 Å². The van der Waals surface area contributed by atoms with Crippen molar-refractivity contribution in [3.8, 4) is 0 Å². The molecular formula is C9H14F3NO. The number of likely N-dealkylation sites (tertiary alicyclic amines) is 1. The van der Waals surface area contributed by atoms with Crippen LogP contribution in [-0.4, -0.2) is 48.3 Å². The largest absolute Gasteiger partial charge is 0.396 e. The molecule has 0 aromatic carbocycles. The van der Waals surface area contributed by atoms with E-state index in [2.05, 4.69) is 0 Å². The molecule has 2 nitrogen and oxygen atoms in total. The lowest BCUT2D eigenvalue weighted by Crippen LogP contribution is -2.34. The first kappa shape index (κ1) is 10.2. The summed E-state index contributed by atoms with van der Waals surface area (Å²) < 4.78 is 38.6. The van der Waals surface area contributed by atoms with E-state index in [-0.39, 0.29) is 19.5 Å². The number of nitrogens with zero attached hydrogens (tertiary/aromatic N) is 1. The second-order valence-corrected chi connectivity index (χ2v) is 4.44. The Morgan fingerprint density at radius 2 is 2.07 bits per heavy atom. The van der Waals surface area contributed by atoms with Gasteiger partial charge in [0.15, 0.2) is 0 Å². The van der Waals surface area contributed by atoms with Crippen LogP contribution in [0, 0.1) is 5.41 Å². The molecule has 1 saturated carbocycles. The molecule has 0 aromatic heterocycles. The number of aliphatic hydroxyl groups is 1. The molecule has 1 heterocycles. The summed E-state index contributed by atoms with van der Waals surface area (Å²) in [6.07, 6.45) is -0.727. The highest BCUT2D eigenvalue weighted by atomic mass is 19.3. The molecule has 1 saturated heterocycles. The van der Waals surface area contributed by atoms with Gasteiger partial charge in [0.2, 0.25) is 0 Å². The van der Waals surface area contributed by atoms with Crippen molar-refractivity contribution in [3.05, 3.63) is 0 Å². The molecule has 0 aromatic rings. The predicted molar refractivity (Wildman–Crippen MR) is 45.0 cm³/mol. The van der Waals surface area contributed by atoms with Crippen molar-refractivity contribution in [2.24, 2.45) is 5.41 Å². The molecular weight excluding hydrogens is 195 g/mol. The Bertz CT molecular complexity index is 236. The fourth-order valence-electron chi connectivity index (χ4n) is 2.13. The predicted octanol–water partition coefficient (Wildman–Crippen LogP) is 1.05. The van der Waals surface area contributed by atoms with Crippen LogP contribution in [0.3, 0.4) is 0 Å². The Morgan fingerprint density at radius 3 is 2.43 bits per heavy atom. The van der Waals surface area contributed by atoms with Gasteiger partial charge in [-0.2, -0.15) is 0 Å². The lowest BCUT2D eigenvalue weighted by Gasteiger charge is -2.21. The summed E-state index contributed by atoms with van der Waals surface area (Å²) >= 11 is 0. The van der Waals surface area contributed by atoms with Crippen LogP contribution in [-0.2, 0) is 0 Å². The van der Waals surface area contributed by atoms with E-state index in [1.54, 1.807) is 4.90 Å². The number of hydrogen-bond acceptors (Lipinski definition) is 2. The number of aliphatic hydroxyl groups excluding tert-OH is 1. The molecule has 0 radical (unpaired) electrons. The first-order valence-corrected chi connectivity index (χ1v) is 4.84. The molecule has 0 bridgehead atoms. The fourth-order valence-corrected chi connectivity index (χ4v) is 2.13. The minimum absolute atomic E-state index is 0.122. The van der Waals surface area contributed by atoms with Gasteiger partial charge in [-0.3, -0.25) is 4.90 Å². The average Bonchev–Trinajstić information content (AvgIpc) is 2.43. The maximum atomic E-state index is 12.9. The Balaban J connectivity index is 1.91. The third kappa shape index (κ3) is 1.52. The number of halogens is 3. The highest BCUT2D eigenvalue weighted by Gasteiger charge is 2.71. The van der Waals surface area contributed by atoms with Crippen LogP contribution in [0.2, 0.25) is 0 Å². The molecule has 5 heteroatoms. The van der Waals surface area contributed by atoms with Gasteiger partial charge in [0, 0.05) is 26.1 Å². The van der Waals surface area contributed by atoms with Gasteiger partial charge in [-0.15, -0.1) is 0 Å². The summed E-state index contributed by atoms with van der Waals surface area (Å²) in [5.41, 5.74) is -1.28. The Kier molecular flexibility index (Phi) is 2.27. The maximum Gasteiger partial charge on any atom is 0.258 e. The molecule has 2 rings (SSSR count). The topological polar surface area (TPSA) is 23.5 Å². The lowest BCUT2D eigenvalue weighted by atomic mass is 10.1. The quantitative estimate of drug-likeness (QED) is 0.751. The van der Waals surface area contributed by atoms with E-state index in [1.807, 2.05) is 0 Å². The molecule has 0 unspecified atom stereocenters. The summed E-state index contributed by atoms with van der Waals surface area (Å²) in [6.45, 7) is 0.376. The summed E-state index contributed by atoms with van der Waals surface area (Å²) in [5, 5.41) is 8.92. The zero-order valence-electron chi connectivity index (χ0n) is 7.85. The summed E-state index contributed by atoms with van der Waals surface area (Å²) in [4.78, 5) is 1.68. The normalized spacial score (nSPS) is 41.6. The van der Waals surface area contributed by atoms with E-state index >= 15 is 0 Å². The second-order valence-electron chi connectivity index (χ2n) is 4.44. The zero-order valence-corrected chi connectivity index (χ0v) is 7.85. The Labute approximate surface area is 80.7 Å². The van der Waals surface area contributed by atoms with Gasteiger partial charge in [-0.1, -0.05) is 0 Å². The number of alkyl halides is 3. The molecule has 1 N–H and O–H groups in total. The van der Waals surface area contributed by atoms with E-state index < -0.39 is 24.1 Å². The van der Waals surface area contributed by atoms with Crippen molar-refractivity contribution in [1.29, 1.82) is 0 Å². The molecule has 1 aliphatic heterocycles. The molecule has 1 aliphatic carbocycles. The van der Waals surface area contributed by atoms with Gasteiger partial charge >= 0.3 is 0 Å². The Morgan fingerprint density at radius 1 is 1.43 bits per heavy atom. The highest BCUT2D eigenvalue weighted by Crippen LogP contribution is 2.60. The van der Waals surface area contributed by atoms with Crippen molar-refractivity contribution in [2.45, 2.75) is 24.9 Å². The van der Waals surface area contributed by atoms with E-state index in [0.717, 1.165) is 0 Å².